The number of carbonyl (C=O) groups excluding carboxylic acids is 1. The molecule has 0 atom stereocenters. The lowest BCUT2D eigenvalue weighted by Gasteiger charge is -2.10. The Morgan fingerprint density at radius 2 is 2.07 bits per heavy atom. The van der Waals surface area contributed by atoms with Gasteiger partial charge < -0.3 is 10.1 Å². The minimum Gasteiger partial charge on any atom is -0.493 e. The van der Waals surface area contributed by atoms with E-state index in [9.17, 15) is 14.7 Å². The molecule has 1 amide bonds. The van der Waals surface area contributed by atoms with Gasteiger partial charge in [-0.15, -0.1) is 10.2 Å². The summed E-state index contributed by atoms with van der Waals surface area (Å²) in [4.78, 5) is 32.2. The Kier molecular flexibility index (Phi) is 5.69. The number of benzene rings is 2. The Labute approximate surface area is 183 Å². The van der Waals surface area contributed by atoms with Gasteiger partial charge in [-0.1, -0.05) is 39.8 Å². The first kappa shape index (κ1) is 20.3. The Bertz CT molecular complexity index is 1360. The Hall–Kier alpha value is -2.98. The SMILES string of the molecule is CCn1c(SCC(=O)N=Nc2c(O)[nH]c3ccc(Br)cc23)nc2ccccc2c1=O. The number of thioether (sulfide) groups is 1. The van der Waals surface area contributed by atoms with Gasteiger partial charge in [0.1, 0.15) is 0 Å². The minimum absolute atomic E-state index is 0.0406. The summed E-state index contributed by atoms with van der Waals surface area (Å²) in [6.07, 6.45) is 0. The van der Waals surface area contributed by atoms with Crippen molar-refractivity contribution >= 4 is 61.1 Å². The lowest BCUT2D eigenvalue weighted by atomic mass is 10.2. The molecule has 0 unspecified atom stereocenters. The maximum absolute atomic E-state index is 12.6. The van der Waals surface area contributed by atoms with Gasteiger partial charge in [-0.2, -0.15) is 0 Å². The molecule has 8 nitrogen and oxygen atoms in total. The fraction of sp³-hybridized carbons (Fsp3) is 0.150. The first-order valence-corrected chi connectivity index (χ1v) is 10.8. The number of aromatic amines is 1. The van der Waals surface area contributed by atoms with Crippen LogP contribution >= 0.6 is 27.7 Å². The summed E-state index contributed by atoms with van der Waals surface area (Å²) in [6.45, 7) is 2.29. The van der Waals surface area contributed by atoms with Crippen LogP contribution in [0.2, 0.25) is 0 Å². The molecule has 0 aliphatic heterocycles. The van der Waals surface area contributed by atoms with E-state index in [1.807, 2.05) is 19.1 Å². The van der Waals surface area contributed by atoms with Crippen LogP contribution in [0, 0.1) is 0 Å². The van der Waals surface area contributed by atoms with E-state index in [0.717, 1.165) is 16.2 Å². The molecule has 0 fully saturated rings. The second kappa shape index (κ2) is 8.41. The molecule has 0 saturated heterocycles. The van der Waals surface area contributed by atoms with Crippen LogP contribution < -0.4 is 5.56 Å². The molecule has 4 aromatic rings. The molecule has 0 saturated carbocycles. The van der Waals surface area contributed by atoms with E-state index in [1.54, 1.807) is 30.3 Å². The maximum Gasteiger partial charge on any atom is 0.275 e. The highest BCUT2D eigenvalue weighted by Crippen LogP contribution is 2.36. The molecule has 2 N–H and O–H groups in total. The summed E-state index contributed by atoms with van der Waals surface area (Å²) in [5.41, 5.74) is 1.31. The summed E-state index contributed by atoms with van der Waals surface area (Å²) in [7, 11) is 0. The summed E-state index contributed by atoms with van der Waals surface area (Å²) >= 11 is 4.50. The monoisotopic (exact) mass is 485 g/mol. The lowest BCUT2D eigenvalue weighted by Crippen LogP contribution is -2.22. The van der Waals surface area contributed by atoms with Gasteiger partial charge >= 0.3 is 0 Å². The number of halogens is 1. The molecule has 0 spiro atoms. The van der Waals surface area contributed by atoms with E-state index in [0.29, 0.717) is 33.5 Å². The van der Waals surface area contributed by atoms with Crippen molar-refractivity contribution in [2.45, 2.75) is 18.6 Å². The number of carbonyl (C=O) groups is 1. The van der Waals surface area contributed by atoms with Gasteiger partial charge in [-0.25, -0.2) is 4.98 Å². The molecule has 0 aliphatic carbocycles. The number of hydrogen-bond donors (Lipinski definition) is 2. The molecule has 0 radical (unpaired) electrons. The number of H-pyrrole nitrogens is 1. The number of nitrogens with one attached hydrogen (secondary N) is 1. The fourth-order valence-corrected chi connectivity index (χ4v) is 4.24. The van der Waals surface area contributed by atoms with Crippen LogP contribution in [-0.4, -0.2) is 31.3 Å². The highest BCUT2D eigenvalue weighted by atomic mass is 79.9. The van der Waals surface area contributed by atoms with Crippen LogP contribution in [0.1, 0.15) is 6.92 Å². The van der Waals surface area contributed by atoms with Gasteiger partial charge in [0, 0.05) is 16.4 Å². The molecule has 10 heteroatoms. The first-order valence-electron chi connectivity index (χ1n) is 9.05. The Balaban J connectivity index is 1.55. The Morgan fingerprint density at radius 3 is 2.87 bits per heavy atom. The number of fused-ring (bicyclic) bond motifs is 2. The van der Waals surface area contributed by atoms with Gasteiger partial charge in [0.2, 0.25) is 5.88 Å². The number of rotatable bonds is 5. The number of nitrogens with zero attached hydrogens (tertiary/aromatic N) is 4. The van der Waals surface area contributed by atoms with Gasteiger partial charge in [0.05, 0.1) is 22.2 Å². The fourth-order valence-electron chi connectivity index (χ4n) is 3.03. The minimum atomic E-state index is -0.506. The van der Waals surface area contributed by atoms with Crippen molar-refractivity contribution in [1.82, 2.24) is 14.5 Å². The van der Waals surface area contributed by atoms with Crippen LogP contribution in [0.25, 0.3) is 21.8 Å². The number of hydrogen-bond acceptors (Lipinski definition) is 6. The summed E-state index contributed by atoms with van der Waals surface area (Å²) in [6, 6.07) is 12.5. The van der Waals surface area contributed by atoms with Gasteiger partial charge in [0.25, 0.3) is 11.5 Å². The zero-order chi connectivity index (χ0) is 21.3. The van der Waals surface area contributed by atoms with Crippen LogP contribution in [-0.2, 0) is 11.3 Å². The number of para-hydroxylation sites is 1. The lowest BCUT2D eigenvalue weighted by molar-refractivity contribution is -0.115. The van der Waals surface area contributed by atoms with E-state index in [2.05, 4.69) is 36.1 Å². The smallest absolute Gasteiger partial charge is 0.275 e. The zero-order valence-electron chi connectivity index (χ0n) is 15.8. The highest BCUT2D eigenvalue weighted by molar-refractivity contribution is 9.10. The zero-order valence-corrected chi connectivity index (χ0v) is 18.2. The predicted octanol–water partition coefficient (Wildman–Crippen LogP) is 4.77. The van der Waals surface area contributed by atoms with E-state index >= 15 is 0 Å². The number of amides is 1. The molecule has 30 heavy (non-hydrogen) atoms. The highest BCUT2D eigenvalue weighted by Gasteiger charge is 2.14. The Morgan fingerprint density at radius 1 is 1.27 bits per heavy atom. The standard InChI is InChI=1S/C20H16BrN5O3S/c1-2-26-19(29)12-5-3-4-6-14(12)23-20(26)30-10-16(27)24-25-17-13-9-11(21)7-8-15(13)22-18(17)28/h3-9,22,28H,2,10H2,1H3. The number of aromatic nitrogens is 3. The predicted molar refractivity (Wildman–Crippen MR) is 120 cm³/mol. The van der Waals surface area contributed by atoms with E-state index < -0.39 is 5.91 Å². The molecule has 2 aromatic carbocycles. The topological polar surface area (TPSA) is 113 Å². The quantitative estimate of drug-likeness (QED) is 0.240. The van der Waals surface area contributed by atoms with Crippen LogP contribution in [0.3, 0.4) is 0 Å². The maximum atomic E-state index is 12.6. The third-order valence-electron chi connectivity index (χ3n) is 4.44. The molecule has 2 heterocycles. The van der Waals surface area contributed by atoms with Crippen molar-refractivity contribution < 1.29 is 9.90 Å². The van der Waals surface area contributed by atoms with Crippen molar-refractivity contribution in [3.63, 3.8) is 0 Å². The summed E-state index contributed by atoms with van der Waals surface area (Å²) in [5, 5.41) is 19.3. The van der Waals surface area contributed by atoms with Crippen molar-refractivity contribution in [3.05, 3.63) is 57.3 Å². The van der Waals surface area contributed by atoms with Gasteiger partial charge in [-0.3, -0.25) is 14.2 Å². The average Bonchev–Trinajstić information content (AvgIpc) is 3.05. The van der Waals surface area contributed by atoms with Crippen molar-refractivity contribution in [3.8, 4) is 5.88 Å². The number of azo groups is 1. The second-order valence-electron chi connectivity index (χ2n) is 6.36. The van der Waals surface area contributed by atoms with Crippen molar-refractivity contribution in [2.75, 3.05) is 5.75 Å². The van der Waals surface area contributed by atoms with E-state index in [-0.39, 0.29) is 22.9 Å². The van der Waals surface area contributed by atoms with Crippen molar-refractivity contribution in [2.24, 2.45) is 10.2 Å². The molecule has 0 aliphatic rings. The van der Waals surface area contributed by atoms with E-state index in [4.69, 9.17) is 0 Å². The third-order valence-corrected chi connectivity index (χ3v) is 5.90. The average molecular weight is 486 g/mol. The van der Waals surface area contributed by atoms with E-state index in [1.165, 1.54) is 4.57 Å². The molecule has 0 bridgehead atoms. The summed E-state index contributed by atoms with van der Waals surface area (Å²) < 4.78 is 2.34. The van der Waals surface area contributed by atoms with Crippen LogP contribution in [0.15, 0.2) is 67.1 Å². The normalized spacial score (nSPS) is 11.7. The second-order valence-corrected chi connectivity index (χ2v) is 8.21. The first-order chi connectivity index (χ1) is 14.5. The van der Waals surface area contributed by atoms with Crippen LogP contribution in [0.4, 0.5) is 5.69 Å². The van der Waals surface area contributed by atoms with Crippen molar-refractivity contribution in [1.29, 1.82) is 0 Å². The largest absolute Gasteiger partial charge is 0.493 e. The molecular weight excluding hydrogens is 470 g/mol. The summed E-state index contributed by atoms with van der Waals surface area (Å²) in [5.74, 6) is -0.710. The van der Waals surface area contributed by atoms with Crippen LogP contribution in [0.5, 0.6) is 5.88 Å². The third kappa shape index (κ3) is 3.88. The number of aromatic hydroxyl groups is 1. The molecular formula is C20H16BrN5O3S. The molecule has 2 aromatic heterocycles. The van der Waals surface area contributed by atoms with Gasteiger partial charge in [-0.05, 0) is 37.3 Å². The molecule has 4 rings (SSSR count). The van der Waals surface area contributed by atoms with Gasteiger partial charge in [0.15, 0.2) is 10.8 Å². The molecule has 152 valence electrons.